The van der Waals surface area contributed by atoms with Crippen molar-refractivity contribution < 1.29 is 28.6 Å². The molecule has 22 heavy (non-hydrogen) atoms. The Morgan fingerprint density at radius 1 is 1.55 bits per heavy atom. The van der Waals surface area contributed by atoms with Crippen LogP contribution in [0.1, 0.15) is 46.0 Å². The van der Waals surface area contributed by atoms with Crippen LogP contribution >= 0.6 is 7.60 Å². The quantitative estimate of drug-likeness (QED) is 0.471. The molecule has 2 unspecified atom stereocenters. The molecule has 0 aromatic rings. The van der Waals surface area contributed by atoms with Crippen LogP contribution in [0.2, 0.25) is 0 Å². The van der Waals surface area contributed by atoms with Crippen LogP contribution in [0, 0.1) is 0 Å². The van der Waals surface area contributed by atoms with Crippen molar-refractivity contribution in [2.75, 3.05) is 26.4 Å². The normalized spacial score (nSPS) is 24.0. The number of hydrogen-bond donors (Lipinski definition) is 2. The van der Waals surface area contributed by atoms with Gasteiger partial charge in [-0.15, -0.1) is 0 Å². The molecule has 0 aromatic carbocycles. The Morgan fingerprint density at radius 3 is 2.91 bits per heavy atom. The van der Waals surface area contributed by atoms with E-state index in [-0.39, 0.29) is 30.7 Å². The van der Waals surface area contributed by atoms with E-state index >= 15 is 0 Å². The van der Waals surface area contributed by atoms with E-state index in [2.05, 4.69) is 0 Å². The van der Waals surface area contributed by atoms with Gasteiger partial charge < -0.3 is 24.0 Å². The summed E-state index contributed by atoms with van der Waals surface area (Å²) < 4.78 is 28.8. The molecule has 1 saturated heterocycles. The molecule has 1 fully saturated rings. The lowest BCUT2D eigenvalue weighted by Gasteiger charge is -2.25. The van der Waals surface area contributed by atoms with Crippen LogP contribution < -0.4 is 0 Å². The Labute approximate surface area is 133 Å². The average molecular weight is 336 g/mol. The lowest BCUT2D eigenvalue weighted by molar-refractivity contribution is -0.0422. The minimum Gasteiger partial charge on any atom is -0.396 e. The van der Waals surface area contributed by atoms with E-state index < -0.39 is 7.60 Å². The summed E-state index contributed by atoms with van der Waals surface area (Å²) in [4.78, 5) is 10.2. The molecule has 2 N–H and O–H groups in total. The van der Waals surface area contributed by atoms with Crippen molar-refractivity contribution in [3.05, 3.63) is 11.4 Å². The largest absolute Gasteiger partial charge is 0.396 e. The molecular weight excluding hydrogens is 307 g/mol. The van der Waals surface area contributed by atoms with Gasteiger partial charge in [-0.3, -0.25) is 4.57 Å². The van der Waals surface area contributed by atoms with Gasteiger partial charge in [0, 0.05) is 13.2 Å². The predicted octanol–water partition coefficient (Wildman–Crippen LogP) is 2.84. The average Bonchev–Trinajstić information content (AvgIpc) is 2.51. The van der Waals surface area contributed by atoms with Gasteiger partial charge in [-0.2, -0.15) is 0 Å². The van der Waals surface area contributed by atoms with Gasteiger partial charge in [0.1, 0.15) is 0 Å². The molecule has 0 radical (unpaired) electrons. The van der Waals surface area contributed by atoms with Gasteiger partial charge in [-0.25, -0.2) is 0 Å². The molecule has 1 aliphatic rings. The van der Waals surface area contributed by atoms with Crippen LogP contribution in [0.5, 0.6) is 0 Å². The summed E-state index contributed by atoms with van der Waals surface area (Å²) in [6, 6.07) is 0. The van der Waals surface area contributed by atoms with Gasteiger partial charge in [-0.1, -0.05) is 13.0 Å². The standard InChI is InChI=1S/C15H29O6P/c1-3-13(2)21-22(17,18)15(8-4-5-9-16)12-20-14-7-6-10-19-11-14/h8,13-14,16H,3-7,9-12H2,1-2H3,(H,17,18). The molecule has 7 heteroatoms. The zero-order valence-electron chi connectivity index (χ0n) is 13.6. The Morgan fingerprint density at radius 2 is 2.32 bits per heavy atom. The molecule has 0 aromatic heterocycles. The van der Waals surface area contributed by atoms with Gasteiger partial charge in [0.15, 0.2) is 0 Å². The van der Waals surface area contributed by atoms with Crippen LogP contribution in [-0.2, 0) is 18.6 Å². The Balaban J connectivity index is 2.65. The molecule has 3 atom stereocenters. The third kappa shape index (κ3) is 7.36. The van der Waals surface area contributed by atoms with Crippen LogP contribution in [-0.4, -0.2) is 48.6 Å². The summed E-state index contributed by atoms with van der Waals surface area (Å²) in [7, 11) is -3.87. The SMILES string of the molecule is CCC(C)O[P@@](=O)(O)C(=CCCCO)COC1CCCOC1. The Hall–Kier alpha value is -0.230. The van der Waals surface area contributed by atoms with E-state index in [0.717, 1.165) is 19.4 Å². The second-order valence-electron chi connectivity index (χ2n) is 5.56. The van der Waals surface area contributed by atoms with Crippen molar-refractivity contribution in [1.82, 2.24) is 0 Å². The summed E-state index contributed by atoms with van der Waals surface area (Å²) >= 11 is 0. The number of hydrogen-bond acceptors (Lipinski definition) is 5. The van der Waals surface area contributed by atoms with Crippen LogP contribution in [0.15, 0.2) is 11.4 Å². The number of rotatable bonds is 10. The highest BCUT2D eigenvalue weighted by Crippen LogP contribution is 2.52. The Kier molecular flexibility index (Phi) is 9.48. The Bertz CT molecular complexity index is 378. The maximum Gasteiger partial charge on any atom is 0.357 e. The van der Waals surface area contributed by atoms with Crippen molar-refractivity contribution in [2.24, 2.45) is 0 Å². The zero-order chi connectivity index (χ0) is 16.4. The molecule has 1 rings (SSSR count). The summed E-state index contributed by atoms with van der Waals surface area (Å²) in [5.74, 6) is 0. The van der Waals surface area contributed by atoms with Crippen LogP contribution in [0.25, 0.3) is 0 Å². The summed E-state index contributed by atoms with van der Waals surface area (Å²) in [5, 5.41) is 9.13. The molecule has 6 nitrogen and oxygen atoms in total. The molecule has 0 amide bonds. The van der Waals surface area contributed by atoms with Crippen molar-refractivity contribution in [3.63, 3.8) is 0 Å². The van der Waals surface area contributed by atoms with Crippen molar-refractivity contribution in [3.8, 4) is 0 Å². The number of ether oxygens (including phenoxy) is 2. The second-order valence-corrected chi connectivity index (χ2v) is 7.38. The van der Waals surface area contributed by atoms with Crippen molar-refractivity contribution in [1.29, 1.82) is 0 Å². The van der Waals surface area contributed by atoms with Crippen LogP contribution in [0.4, 0.5) is 0 Å². The first-order valence-corrected chi connectivity index (χ1v) is 9.58. The maximum atomic E-state index is 12.4. The number of aliphatic hydroxyl groups is 1. The van der Waals surface area contributed by atoms with Crippen LogP contribution in [0.3, 0.4) is 0 Å². The molecular formula is C15H29O6P. The topological polar surface area (TPSA) is 85.2 Å². The monoisotopic (exact) mass is 336 g/mol. The first kappa shape index (κ1) is 19.8. The fourth-order valence-electron chi connectivity index (χ4n) is 2.05. The lowest BCUT2D eigenvalue weighted by atomic mass is 10.2. The molecule has 1 heterocycles. The molecule has 0 bridgehead atoms. The van der Waals surface area contributed by atoms with Gasteiger partial charge in [0.2, 0.25) is 0 Å². The number of unbranched alkanes of at least 4 members (excludes halogenated alkanes) is 1. The maximum absolute atomic E-state index is 12.4. The fraction of sp³-hybridized carbons (Fsp3) is 0.867. The zero-order valence-corrected chi connectivity index (χ0v) is 14.5. The van der Waals surface area contributed by atoms with E-state index in [0.29, 0.717) is 25.9 Å². The lowest BCUT2D eigenvalue weighted by Crippen LogP contribution is -2.26. The third-order valence-electron chi connectivity index (χ3n) is 3.59. The van der Waals surface area contributed by atoms with Gasteiger partial charge in [-0.05, 0) is 39.0 Å². The second kappa shape index (κ2) is 10.5. The highest BCUT2D eigenvalue weighted by atomic mass is 31.2. The van der Waals surface area contributed by atoms with E-state index in [1.54, 1.807) is 13.0 Å². The number of aliphatic hydroxyl groups excluding tert-OH is 1. The minimum absolute atomic E-state index is 0.0430. The first-order chi connectivity index (χ1) is 10.5. The van der Waals surface area contributed by atoms with Gasteiger partial charge in [0.25, 0.3) is 0 Å². The molecule has 0 spiro atoms. The molecule has 0 saturated carbocycles. The number of allylic oxidation sites excluding steroid dienone is 1. The minimum atomic E-state index is -3.87. The van der Waals surface area contributed by atoms with Crippen molar-refractivity contribution >= 4 is 7.60 Å². The van der Waals surface area contributed by atoms with E-state index in [4.69, 9.17) is 19.1 Å². The van der Waals surface area contributed by atoms with E-state index in [1.807, 2.05) is 6.92 Å². The van der Waals surface area contributed by atoms with Gasteiger partial charge in [0.05, 0.1) is 30.7 Å². The smallest absolute Gasteiger partial charge is 0.357 e. The third-order valence-corrected chi connectivity index (χ3v) is 5.27. The van der Waals surface area contributed by atoms with E-state index in [1.165, 1.54) is 0 Å². The summed E-state index contributed by atoms with van der Waals surface area (Å²) in [6.45, 7) is 5.03. The highest BCUT2D eigenvalue weighted by molar-refractivity contribution is 7.57. The molecule has 130 valence electrons. The predicted molar refractivity (Wildman–Crippen MR) is 84.9 cm³/mol. The highest BCUT2D eigenvalue weighted by Gasteiger charge is 2.29. The molecule has 1 aliphatic heterocycles. The first-order valence-electron chi connectivity index (χ1n) is 8.00. The van der Waals surface area contributed by atoms with Crippen molar-refractivity contribution in [2.45, 2.75) is 58.2 Å². The summed E-state index contributed by atoms with van der Waals surface area (Å²) in [5.41, 5.74) is 0. The van der Waals surface area contributed by atoms with E-state index in [9.17, 15) is 9.46 Å². The summed E-state index contributed by atoms with van der Waals surface area (Å²) in [6.07, 6.45) is 4.87. The van der Waals surface area contributed by atoms with Gasteiger partial charge >= 0.3 is 7.60 Å². The fourth-order valence-corrected chi connectivity index (χ4v) is 3.42. The molecule has 0 aliphatic carbocycles.